The third kappa shape index (κ3) is 3.23. The lowest BCUT2D eigenvalue weighted by Gasteiger charge is -2.13. The molecule has 1 N–H and O–H groups in total. The summed E-state index contributed by atoms with van der Waals surface area (Å²) in [6.45, 7) is 2.01. The Labute approximate surface area is 136 Å². The van der Waals surface area contributed by atoms with Crippen LogP contribution in [0.25, 0.3) is 10.6 Å². The van der Waals surface area contributed by atoms with E-state index < -0.39 is 0 Å². The number of carbonyl (C=O) groups is 1. The van der Waals surface area contributed by atoms with Gasteiger partial charge >= 0.3 is 0 Å². The van der Waals surface area contributed by atoms with Crippen molar-refractivity contribution in [2.45, 2.75) is 19.3 Å². The number of nitrogens with one attached hydrogen (secondary N) is 1. The number of anilines is 1. The first-order valence-electron chi connectivity index (χ1n) is 7.00. The van der Waals surface area contributed by atoms with E-state index in [1.807, 2.05) is 54.1 Å². The molecule has 0 unspecified atom stereocenters. The van der Waals surface area contributed by atoms with E-state index in [1.165, 1.54) is 11.3 Å². The predicted octanol–water partition coefficient (Wildman–Crippen LogP) is 4.40. The molecule has 0 saturated heterocycles. The van der Waals surface area contributed by atoms with E-state index in [2.05, 4.69) is 15.5 Å². The number of thiophene rings is 1. The van der Waals surface area contributed by atoms with Crippen LogP contribution in [-0.4, -0.2) is 16.1 Å². The summed E-state index contributed by atoms with van der Waals surface area (Å²) in [6, 6.07) is 11.8. The Kier molecular flexibility index (Phi) is 4.60. The number of carbonyl (C=O) groups excluding carboxylic acids is 1. The van der Waals surface area contributed by atoms with Crippen LogP contribution in [0.5, 0.6) is 0 Å². The summed E-state index contributed by atoms with van der Waals surface area (Å²) in [4.78, 5) is 12.5. The van der Waals surface area contributed by atoms with Crippen molar-refractivity contribution in [1.82, 2.24) is 10.2 Å². The SMILES string of the molecule is CC[C@H](C(=O)Nc1nnc(-c2ccsc2)s1)c1ccccc1. The Morgan fingerprint density at radius 1 is 1.23 bits per heavy atom. The Morgan fingerprint density at radius 3 is 2.73 bits per heavy atom. The minimum absolute atomic E-state index is 0.0401. The highest BCUT2D eigenvalue weighted by molar-refractivity contribution is 7.19. The number of rotatable bonds is 5. The van der Waals surface area contributed by atoms with Crippen LogP contribution in [0.2, 0.25) is 0 Å². The quantitative estimate of drug-likeness (QED) is 0.755. The average molecular weight is 329 g/mol. The zero-order chi connectivity index (χ0) is 15.4. The van der Waals surface area contributed by atoms with Crippen LogP contribution in [0.3, 0.4) is 0 Å². The van der Waals surface area contributed by atoms with Gasteiger partial charge in [0.1, 0.15) is 5.01 Å². The number of amides is 1. The van der Waals surface area contributed by atoms with Crippen LogP contribution < -0.4 is 5.32 Å². The molecule has 2 aromatic heterocycles. The molecule has 1 amide bonds. The molecule has 3 aromatic rings. The first-order valence-corrected chi connectivity index (χ1v) is 8.75. The Hall–Kier alpha value is -2.05. The second-order valence-electron chi connectivity index (χ2n) is 4.79. The number of hydrogen-bond donors (Lipinski definition) is 1. The van der Waals surface area contributed by atoms with E-state index in [0.717, 1.165) is 22.6 Å². The predicted molar refractivity (Wildman–Crippen MR) is 91.3 cm³/mol. The van der Waals surface area contributed by atoms with Gasteiger partial charge in [-0.2, -0.15) is 11.3 Å². The zero-order valence-corrected chi connectivity index (χ0v) is 13.7. The minimum Gasteiger partial charge on any atom is -0.300 e. The molecule has 0 bridgehead atoms. The fraction of sp³-hybridized carbons (Fsp3) is 0.188. The van der Waals surface area contributed by atoms with Crippen LogP contribution in [0.4, 0.5) is 5.13 Å². The molecular formula is C16H15N3OS2. The standard InChI is InChI=1S/C16H15N3OS2/c1-2-13(11-6-4-3-5-7-11)14(20)17-16-19-18-15(22-16)12-8-9-21-10-12/h3-10,13H,2H2,1H3,(H,17,19,20)/t13-/m0/s1. The van der Waals surface area contributed by atoms with Crippen molar-refractivity contribution < 1.29 is 4.79 Å². The molecule has 3 rings (SSSR count). The van der Waals surface area contributed by atoms with Gasteiger partial charge in [0.2, 0.25) is 11.0 Å². The van der Waals surface area contributed by atoms with Crippen LogP contribution in [0.1, 0.15) is 24.8 Å². The summed E-state index contributed by atoms with van der Waals surface area (Å²) in [7, 11) is 0. The van der Waals surface area contributed by atoms with E-state index in [0.29, 0.717) is 5.13 Å². The molecule has 1 atom stereocenters. The van der Waals surface area contributed by atoms with Gasteiger partial charge in [-0.1, -0.05) is 48.6 Å². The fourth-order valence-corrected chi connectivity index (χ4v) is 3.68. The van der Waals surface area contributed by atoms with E-state index in [1.54, 1.807) is 11.3 Å². The summed E-state index contributed by atoms with van der Waals surface area (Å²) >= 11 is 3.01. The van der Waals surface area contributed by atoms with Crippen molar-refractivity contribution in [3.63, 3.8) is 0 Å². The van der Waals surface area contributed by atoms with Crippen molar-refractivity contribution in [2.24, 2.45) is 0 Å². The highest BCUT2D eigenvalue weighted by atomic mass is 32.1. The molecule has 0 fully saturated rings. The molecule has 0 aliphatic carbocycles. The Bertz CT molecular complexity index is 738. The van der Waals surface area contributed by atoms with Crippen molar-refractivity contribution in [3.8, 4) is 10.6 Å². The van der Waals surface area contributed by atoms with Gasteiger partial charge in [-0.3, -0.25) is 10.1 Å². The number of aromatic nitrogens is 2. The van der Waals surface area contributed by atoms with E-state index in [4.69, 9.17) is 0 Å². The van der Waals surface area contributed by atoms with Gasteiger partial charge in [0, 0.05) is 10.9 Å². The molecule has 6 heteroatoms. The number of nitrogens with zero attached hydrogens (tertiary/aromatic N) is 2. The molecule has 0 aliphatic rings. The van der Waals surface area contributed by atoms with Crippen molar-refractivity contribution >= 4 is 33.7 Å². The van der Waals surface area contributed by atoms with Gasteiger partial charge < -0.3 is 0 Å². The fourth-order valence-electron chi connectivity index (χ4n) is 2.23. The maximum absolute atomic E-state index is 12.5. The molecule has 2 heterocycles. The van der Waals surface area contributed by atoms with Gasteiger partial charge in [0.05, 0.1) is 5.92 Å². The first-order chi connectivity index (χ1) is 10.8. The molecule has 0 saturated carbocycles. The lowest BCUT2D eigenvalue weighted by Crippen LogP contribution is -2.20. The topological polar surface area (TPSA) is 54.9 Å². The van der Waals surface area contributed by atoms with Crippen LogP contribution in [0.15, 0.2) is 47.2 Å². The lowest BCUT2D eigenvalue weighted by molar-refractivity contribution is -0.117. The highest BCUT2D eigenvalue weighted by Crippen LogP contribution is 2.29. The monoisotopic (exact) mass is 329 g/mol. The molecule has 4 nitrogen and oxygen atoms in total. The second kappa shape index (κ2) is 6.81. The molecule has 22 heavy (non-hydrogen) atoms. The van der Waals surface area contributed by atoms with Crippen molar-refractivity contribution in [3.05, 3.63) is 52.7 Å². The van der Waals surface area contributed by atoms with E-state index in [9.17, 15) is 4.79 Å². The minimum atomic E-state index is -0.172. The normalized spacial score (nSPS) is 12.0. The molecule has 1 aromatic carbocycles. The summed E-state index contributed by atoms with van der Waals surface area (Å²) in [5, 5.41) is 16.5. The average Bonchev–Trinajstić information content (AvgIpc) is 3.20. The first kappa shape index (κ1) is 14.9. The number of hydrogen-bond acceptors (Lipinski definition) is 5. The lowest BCUT2D eigenvalue weighted by atomic mass is 9.96. The highest BCUT2D eigenvalue weighted by Gasteiger charge is 2.20. The van der Waals surface area contributed by atoms with Gasteiger partial charge in [0.15, 0.2) is 0 Å². The van der Waals surface area contributed by atoms with Gasteiger partial charge in [0.25, 0.3) is 0 Å². The van der Waals surface area contributed by atoms with Crippen molar-refractivity contribution in [1.29, 1.82) is 0 Å². The third-order valence-electron chi connectivity index (χ3n) is 3.35. The Morgan fingerprint density at radius 2 is 2.05 bits per heavy atom. The molecule has 112 valence electrons. The van der Waals surface area contributed by atoms with E-state index >= 15 is 0 Å². The van der Waals surface area contributed by atoms with Gasteiger partial charge in [-0.05, 0) is 23.4 Å². The third-order valence-corrected chi connectivity index (χ3v) is 4.92. The summed E-state index contributed by atoms with van der Waals surface area (Å²) in [6.07, 6.45) is 0.742. The smallest absolute Gasteiger partial charge is 0.233 e. The van der Waals surface area contributed by atoms with Gasteiger partial charge in [-0.15, -0.1) is 10.2 Å². The van der Waals surface area contributed by atoms with Crippen molar-refractivity contribution in [2.75, 3.05) is 5.32 Å². The maximum Gasteiger partial charge on any atom is 0.233 e. The molecular weight excluding hydrogens is 314 g/mol. The molecule has 0 spiro atoms. The summed E-state index contributed by atoms with van der Waals surface area (Å²) in [5.74, 6) is -0.212. The van der Waals surface area contributed by atoms with Gasteiger partial charge in [-0.25, -0.2) is 0 Å². The van der Waals surface area contributed by atoms with Crippen LogP contribution in [-0.2, 0) is 4.79 Å². The zero-order valence-electron chi connectivity index (χ0n) is 12.0. The Balaban J connectivity index is 1.73. The largest absolute Gasteiger partial charge is 0.300 e. The second-order valence-corrected chi connectivity index (χ2v) is 6.54. The van der Waals surface area contributed by atoms with Crippen LogP contribution in [0, 0.1) is 0 Å². The van der Waals surface area contributed by atoms with E-state index in [-0.39, 0.29) is 11.8 Å². The maximum atomic E-state index is 12.5. The summed E-state index contributed by atoms with van der Waals surface area (Å²) < 4.78 is 0. The number of benzene rings is 1. The molecule has 0 radical (unpaired) electrons. The van der Waals surface area contributed by atoms with Crippen LogP contribution >= 0.6 is 22.7 Å². The molecule has 0 aliphatic heterocycles. The summed E-state index contributed by atoms with van der Waals surface area (Å²) in [5.41, 5.74) is 2.06.